The number of amides is 2. The first kappa shape index (κ1) is 24.9. The summed E-state index contributed by atoms with van der Waals surface area (Å²) in [6.07, 6.45) is 1.17. The summed E-state index contributed by atoms with van der Waals surface area (Å²) in [4.78, 5) is 34.0. The summed E-state index contributed by atoms with van der Waals surface area (Å²) in [5.74, 6) is -1.01. The number of thiazole rings is 1. The van der Waals surface area contributed by atoms with E-state index < -0.39 is 5.91 Å². The molecule has 1 atom stereocenters. The maximum absolute atomic E-state index is 13.0. The molecule has 0 aliphatic carbocycles. The molecule has 0 saturated carbocycles. The molecule has 8 nitrogen and oxygen atoms in total. The zero-order chi connectivity index (χ0) is 25.9. The predicted molar refractivity (Wildman–Crippen MR) is 150 cm³/mol. The molecular weight excluding hydrogens is 484 g/mol. The SMILES string of the molecule is CN(C)[C@H]1CCN(Cc2ccc(C(=O)Nc3sc(Nc4ccc5ccccc5c4)nc3C(N)=O)cc2)C1. The van der Waals surface area contributed by atoms with Crippen molar-refractivity contribution in [2.75, 3.05) is 37.8 Å². The number of likely N-dealkylation sites (N-methyl/N-ethyl adjacent to an activating group) is 1. The van der Waals surface area contributed by atoms with Crippen LogP contribution in [-0.4, -0.2) is 59.8 Å². The van der Waals surface area contributed by atoms with Gasteiger partial charge in [0.05, 0.1) is 0 Å². The fourth-order valence-corrected chi connectivity index (χ4v) is 5.47. The van der Waals surface area contributed by atoms with Gasteiger partial charge in [-0.2, -0.15) is 0 Å². The lowest BCUT2D eigenvalue weighted by atomic mass is 10.1. The summed E-state index contributed by atoms with van der Waals surface area (Å²) in [5, 5.41) is 9.03. The zero-order valence-corrected chi connectivity index (χ0v) is 21.7. The minimum atomic E-state index is -0.699. The average molecular weight is 515 g/mol. The highest BCUT2D eigenvalue weighted by atomic mass is 32.1. The molecule has 4 N–H and O–H groups in total. The molecule has 9 heteroatoms. The van der Waals surface area contributed by atoms with Gasteiger partial charge in [-0.15, -0.1) is 0 Å². The van der Waals surface area contributed by atoms with Crippen molar-refractivity contribution < 1.29 is 9.59 Å². The van der Waals surface area contributed by atoms with Crippen LogP contribution >= 0.6 is 11.3 Å². The van der Waals surface area contributed by atoms with Crippen LogP contribution < -0.4 is 16.4 Å². The number of aromatic nitrogens is 1. The molecule has 4 aromatic rings. The van der Waals surface area contributed by atoms with Crippen molar-refractivity contribution in [3.63, 3.8) is 0 Å². The van der Waals surface area contributed by atoms with E-state index in [9.17, 15) is 9.59 Å². The second-order valence-corrected chi connectivity index (χ2v) is 10.5. The number of nitrogens with zero attached hydrogens (tertiary/aromatic N) is 3. The maximum Gasteiger partial charge on any atom is 0.270 e. The first-order chi connectivity index (χ1) is 17.9. The zero-order valence-electron chi connectivity index (χ0n) is 20.9. The number of anilines is 3. The number of fused-ring (bicyclic) bond motifs is 1. The summed E-state index contributed by atoms with van der Waals surface area (Å²) < 4.78 is 0. The van der Waals surface area contributed by atoms with Gasteiger partial charge >= 0.3 is 0 Å². The van der Waals surface area contributed by atoms with Crippen molar-refractivity contribution in [1.29, 1.82) is 0 Å². The van der Waals surface area contributed by atoms with Crippen molar-refractivity contribution in [2.45, 2.75) is 19.0 Å². The smallest absolute Gasteiger partial charge is 0.270 e. The number of rotatable bonds is 8. The molecule has 3 aromatic carbocycles. The fourth-order valence-electron chi connectivity index (χ4n) is 4.59. The van der Waals surface area contributed by atoms with Gasteiger partial charge in [0.1, 0.15) is 5.00 Å². The second kappa shape index (κ2) is 10.7. The van der Waals surface area contributed by atoms with Gasteiger partial charge in [0, 0.05) is 36.9 Å². The molecule has 2 heterocycles. The van der Waals surface area contributed by atoms with E-state index in [1.807, 2.05) is 66.7 Å². The average Bonchev–Trinajstić information content (AvgIpc) is 3.51. The first-order valence-electron chi connectivity index (χ1n) is 12.2. The number of hydrogen-bond acceptors (Lipinski definition) is 7. The summed E-state index contributed by atoms with van der Waals surface area (Å²) in [6, 6.07) is 22.2. The third-order valence-electron chi connectivity index (χ3n) is 6.69. The Morgan fingerprint density at radius 1 is 1.08 bits per heavy atom. The number of carbonyl (C=O) groups is 2. The molecule has 1 aliphatic rings. The number of carbonyl (C=O) groups excluding carboxylic acids is 2. The molecule has 190 valence electrons. The summed E-state index contributed by atoms with van der Waals surface area (Å²) >= 11 is 1.17. The van der Waals surface area contributed by atoms with Gasteiger partial charge in [-0.05, 0) is 61.1 Å². The Hall–Kier alpha value is -3.79. The Morgan fingerprint density at radius 2 is 1.84 bits per heavy atom. The molecule has 0 bridgehead atoms. The molecule has 1 aromatic heterocycles. The quantitative estimate of drug-likeness (QED) is 0.319. The topological polar surface area (TPSA) is 104 Å². The molecule has 0 unspecified atom stereocenters. The molecule has 1 aliphatic heterocycles. The van der Waals surface area contributed by atoms with Gasteiger partial charge in [-0.1, -0.05) is 53.8 Å². The minimum absolute atomic E-state index is 0.0303. The lowest BCUT2D eigenvalue weighted by Crippen LogP contribution is -2.31. The van der Waals surface area contributed by atoms with E-state index >= 15 is 0 Å². The van der Waals surface area contributed by atoms with Crippen LogP contribution in [0.25, 0.3) is 10.8 Å². The highest BCUT2D eigenvalue weighted by molar-refractivity contribution is 7.20. The first-order valence-corrected chi connectivity index (χ1v) is 13.0. The molecule has 2 amide bonds. The van der Waals surface area contributed by atoms with E-state index in [2.05, 4.69) is 39.5 Å². The standard InChI is InChI=1S/C28H30N6O2S/c1-33(2)23-13-14-34(17-23)16-18-7-9-20(10-8-18)26(36)32-27-24(25(29)35)31-28(37-27)30-22-12-11-19-5-3-4-6-21(19)15-22/h3-12,15,23H,13-14,16-17H2,1-2H3,(H2,29,35)(H,30,31)(H,32,36)/t23-/m0/s1. The molecule has 37 heavy (non-hydrogen) atoms. The van der Waals surface area contributed by atoms with Crippen LogP contribution in [0.4, 0.5) is 15.8 Å². The Morgan fingerprint density at radius 3 is 2.54 bits per heavy atom. The van der Waals surface area contributed by atoms with Gasteiger partial charge in [-0.25, -0.2) is 4.98 Å². The van der Waals surface area contributed by atoms with Crippen LogP contribution in [0, 0.1) is 0 Å². The molecule has 1 fully saturated rings. The molecule has 0 spiro atoms. The third kappa shape index (κ3) is 5.80. The predicted octanol–water partition coefficient (Wildman–Crippen LogP) is 4.53. The Bertz CT molecular complexity index is 1430. The maximum atomic E-state index is 13.0. The van der Waals surface area contributed by atoms with Gasteiger partial charge in [0.2, 0.25) is 0 Å². The van der Waals surface area contributed by atoms with Crippen LogP contribution in [0.15, 0.2) is 66.7 Å². The van der Waals surface area contributed by atoms with Gasteiger partial charge in [0.15, 0.2) is 10.8 Å². The fraction of sp³-hybridized carbons (Fsp3) is 0.250. The Balaban J connectivity index is 1.26. The normalized spacial score (nSPS) is 15.8. The van der Waals surface area contributed by atoms with E-state index in [-0.39, 0.29) is 11.6 Å². The van der Waals surface area contributed by atoms with Gasteiger partial charge in [-0.3, -0.25) is 14.5 Å². The largest absolute Gasteiger partial charge is 0.364 e. The van der Waals surface area contributed by atoms with E-state index in [4.69, 9.17) is 5.73 Å². The van der Waals surface area contributed by atoms with E-state index in [1.165, 1.54) is 17.8 Å². The van der Waals surface area contributed by atoms with Crippen LogP contribution in [0.2, 0.25) is 0 Å². The van der Waals surface area contributed by atoms with Crippen molar-refractivity contribution >= 4 is 49.7 Å². The second-order valence-electron chi connectivity index (χ2n) is 9.54. The number of benzene rings is 3. The van der Waals surface area contributed by atoms with Crippen LogP contribution in [-0.2, 0) is 6.54 Å². The van der Waals surface area contributed by atoms with Gasteiger partial charge < -0.3 is 21.3 Å². The van der Waals surface area contributed by atoms with E-state index in [1.54, 1.807) is 0 Å². The summed E-state index contributed by atoms with van der Waals surface area (Å²) in [7, 11) is 4.24. The van der Waals surface area contributed by atoms with Crippen molar-refractivity contribution in [3.05, 3.63) is 83.6 Å². The number of nitrogens with two attached hydrogens (primary N) is 1. The molecular formula is C28H30N6O2S. The number of hydrogen-bond donors (Lipinski definition) is 3. The van der Waals surface area contributed by atoms with Crippen molar-refractivity contribution in [2.24, 2.45) is 5.73 Å². The lowest BCUT2D eigenvalue weighted by molar-refractivity contribution is 0.0997. The third-order valence-corrected chi connectivity index (χ3v) is 7.57. The van der Waals surface area contributed by atoms with E-state index in [0.29, 0.717) is 21.7 Å². The van der Waals surface area contributed by atoms with Crippen LogP contribution in [0.5, 0.6) is 0 Å². The molecule has 1 saturated heterocycles. The van der Waals surface area contributed by atoms with Gasteiger partial charge in [0.25, 0.3) is 11.8 Å². The van der Waals surface area contributed by atoms with E-state index in [0.717, 1.165) is 41.7 Å². The highest BCUT2D eigenvalue weighted by Crippen LogP contribution is 2.32. The van der Waals surface area contributed by atoms with Crippen LogP contribution in [0.3, 0.4) is 0 Å². The number of likely N-dealkylation sites (tertiary alicyclic amines) is 1. The molecule has 5 rings (SSSR count). The number of nitrogens with one attached hydrogen (secondary N) is 2. The van der Waals surface area contributed by atoms with Crippen molar-refractivity contribution in [3.8, 4) is 0 Å². The van der Waals surface area contributed by atoms with Crippen LogP contribution in [0.1, 0.15) is 32.8 Å². The summed E-state index contributed by atoms with van der Waals surface area (Å²) in [5.41, 5.74) is 8.08. The minimum Gasteiger partial charge on any atom is -0.364 e. The lowest BCUT2D eigenvalue weighted by Gasteiger charge is -2.20. The summed E-state index contributed by atoms with van der Waals surface area (Å²) in [6.45, 7) is 2.98. The highest BCUT2D eigenvalue weighted by Gasteiger charge is 2.24. The molecule has 0 radical (unpaired) electrons. The number of primary amides is 1. The Kier molecular flexibility index (Phi) is 7.18. The monoisotopic (exact) mass is 514 g/mol. The Labute approximate surface area is 220 Å². The van der Waals surface area contributed by atoms with Crippen molar-refractivity contribution in [1.82, 2.24) is 14.8 Å².